The molecule has 18 heavy (non-hydrogen) atoms. The van der Waals surface area contributed by atoms with Crippen LogP contribution in [0.2, 0.25) is 0 Å². The van der Waals surface area contributed by atoms with E-state index in [1.807, 2.05) is 0 Å². The molecule has 2 aliphatic carbocycles. The molecule has 0 aromatic rings. The number of hydrogen-bond acceptors (Lipinski definition) is 2. The lowest BCUT2D eigenvalue weighted by Crippen LogP contribution is -2.58. The van der Waals surface area contributed by atoms with Crippen molar-refractivity contribution in [3.05, 3.63) is 0 Å². The summed E-state index contributed by atoms with van der Waals surface area (Å²) in [7, 11) is 0. The van der Waals surface area contributed by atoms with Gasteiger partial charge >= 0.3 is 0 Å². The lowest BCUT2D eigenvalue weighted by molar-refractivity contribution is 0.0976. The van der Waals surface area contributed by atoms with Gasteiger partial charge in [-0.2, -0.15) is 0 Å². The minimum atomic E-state index is 0.819. The second-order valence-corrected chi connectivity index (χ2v) is 6.90. The minimum absolute atomic E-state index is 0.819. The van der Waals surface area contributed by atoms with Crippen LogP contribution in [0.5, 0.6) is 0 Å². The monoisotopic (exact) mass is 250 g/mol. The van der Waals surface area contributed by atoms with Gasteiger partial charge in [-0.1, -0.05) is 26.2 Å². The first-order chi connectivity index (χ1) is 8.86. The Bertz CT molecular complexity index is 254. The van der Waals surface area contributed by atoms with Gasteiger partial charge in [0, 0.05) is 31.7 Å². The van der Waals surface area contributed by atoms with E-state index in [1.54, 1.807) is 0 Å². The predicted octanol–water partition coefficient (Wildman–Crippen LogP) is 3.03. The Hall–Kier alpha value is -0.0800. The van der Waals surface area contributed by atoms with Gasteiger partial charge in [-0.25, -0.2) is 0 Å². The number of rotatable bonds is 5. The van der Waals surface area contributed by atoms with E-state index < -0.39 is 0 Å². The van der Waals surface area contributed by atoms with Gasteiger partial charge in [0.05, 0.1) is 0 Å². The highest BCUT2D eigenvalue weighted by atomic mass is 15.2. The molecule has 1 N–H and O–H groups in total. The summed E-state index contributed by atoms with van der Waals surface area (Å²) >= 11 is 0. The predicted molar refractivity (Wildman–Crippen MR) is 76.7 cm³/mol. The van der Waals surface area contributed by atoms with Gasteiger partial charge in [0.2, 0.25) is 0 Å². The van der Waals surface area contributed by atoms with Gasteiger partial charge in [-0.15, -0.1) is 0 Å². The van der Waals surface area contributed by atoms with Gasteiger partial charge in [0.15, 0.2) is 0 Å². The molecule has 2 saturated carbocycles. The Labute approximate surface area is 113 Å². The van der Waals surface area contributed by atoms with Crippen LogP contribution in [0.25, 0.3) is 0 Å². The third kappa shape index (κ3) is 3.08. The van der Waals surface area contributed by atoms with E-state index in [1.165, 1.54) is 71.0 Å². The fraction of sp³-hybridized carbons (Fsp3) is 1.00. The van der Waals surface area contributed by atoms with Gasteiger partial charge in [-0.05, 0) is 43.9 Å². The molecule has 2 heteroatoms. The first kappa shape index (κ1) is 12.9. The number of nitrogens with one attached hydrogen (secondary N) is 1. The lowest BCUT2D eigenvalue weighted by atomic mass is 9.99. The molecular weight excluding hydrogens is 220 g/mol. The SMILES string of the molecule is CCCC1CNC(C2CC2)CN1CC1CCCC1. The molecule has 3 rings (SSSR count). The largest absolute Gasteiger partial charge is 0.311 e. The van der Waals surface area contributed by atoms with E-state index in [4.69, 9.17) is 0 Å². The Morgan fingerprint density at radius 2 is 1.89 bits per heavy atom. The molecule has 0 bridgehead atoms. The van der Waals surface area contributed by atoms with Gasteiger partial charge in [-0.3, -0.25) is 4.90 Å². The minimum Gasteiger partial charge on any atom is -0.311 e. The topological polar surface area (TPSA) is 15.3 Å². The van der Waals surface area contributed by atoms with Crippen molar-refractivity contribution >= 4 is 0 Å². The fourth-order valence-electron chi connectivity index (χ4n) is 4.06. The second-order valence-electron chi connectivity index (χ2n) is 6.90. The van der Waals surface area contributed by atoms with Crippen molar-refractivity contribution in [2.45, 2.75) is 70.4 Å². The number of nitrogens with zero attached hydrogens (tertiary/aromatic N) is 1. The van der Waals surface area contributed by atoms with Crippen LogP contribution in [0.3, 0.4) is 0 Å². The molecule has 1 saturated heterocycles. The van der Waals surface area contributed by atoms with Crippen molar-refractivity contribution in [3.63, 3.8) is 0 Å². The maximum absolute atomic E-state index is 3.83. The first-order valence-electron chi connectivity index (χ1n) is 8.34. The van der Waals surface area contributed by atoms with E-state index in [2.05, 4.69) is 17.1 Å². The molecule has 104 valence electrons. The van der Waals surface area contributed by atoms with E-state index >= 15 is 0 Å². The van der Waals surface area contributed by atoms with Crippen molar-refractivity contribution < 1.29 is 0 Å². The highest BCUT2D eigenvalue weighted by molar-refractivity contribution is 4.95. The van der Waals surface area contributed by atoms with Crippen LogP contribution < -0.4 is 5.32 Å². The van der Waals surface area contributed by atoms with Crippen molar-refractivity contribution in [2.24, 2.45) is 11.8 Å². The maximum Gasteiger partial charge on any atom is 0.0224 e. The van der Waals surface area contributed by atoms with Crippen LogP contribution in [-0.4, -0.2) is 36.6 Å². The average molecular weight is 250 g/mol. The van der Waals surface area contributed by atoms with Crippen molar-refractivity contribution in [3.8, 4) is 0 Å². The normalized spacial score (nSPS) is 35.2. The van der Waals surface area contributed by atoms with Gasteiger partial charge in [0.25, 0.3) is 0 Å². The molecule has 0 spiro atoms. The quantitative estimate of drug-likeness (QED) is 0.807. The average Bonchev–Trinajstić information content (AvgIpc) is 3.11. The van der Waals surface area contributed by atoms with Crippen LogP contribution in [0.4, 0.5) is 0 Å². The van der Waals surface area contributed by atoms with E-state index in [9.17, 15) is 0 Å². The lowest BCUT2D eigenvalue weighted by Gasteiger charge is -2.42. The molecule has 0 radical (unpaired) electrons. The summed E-state index contributed by atoms with van der Waals surface area (Å²) in [5.74, 6) is 2.03. The Morgan fingerprint density at radius 1 is 1.11 bits per heavy atom. The third-order valence-electron chi connectivity index (χ3n) is 5.34. The Morgan fingerprint density at radius 3 is 2.56 bits per heavy atom. The summed E-state index contributed by atoms with van der Waals surface area (Å²) in [6, 6.07) is 1.64. The molecule has 0 aromatic heterocycles. The van der Waals surface area contributed by atoms with Crippen LogP contribution in [-0.2, 0) is 0 Å². The summed E-state index contributed by atoms with van der Waals surface area (Å²) < 4.78 is 0. The van der Waals surface area contributed by atoms with Crippen LogP contribution in [0.15, 0.2) is 0 Å². The smallest absolute Gasteiger partial charge is 0.0224 e. The summed E-state index contributed by atoms with van der Waals surface area (Å²) in [5, 5.41) is 3.83. The summed E-state index contributed by atoms with van der Waals surface area (Å²) in [5.41, 5.74) is 0. The van der Waals surface area contributed by atoms with Crippen LogP contribution >= 0.6 is 0 Å². The van der Waals surface area contributed by atoms with Crippen molar-refractivity contribution in [2.75, 3.05) is 19.6 Å². The maximum atomic E-state index is 3.83. The molecule has 0 aromatic carbocycles. The van der Waals surface area contributed by atoms with Crippen molar-refractivity contribution in [1.29, 1.82) is 0 Å². The molecule has 2 nitrogen and oxygen atoms in total. The molecular formula is C16H30N2. The third-order valence-corrected chi connectivity index (χ3v) is 5.34. The zero-order valence-electron chi connectivity index (χ0n) is 12.0. The Kier molecular flexibility index (Phi) is 4.25. The second kappa shape index (κ2) is 5.92. The summed E-state index contributed by atoms with van der Waals surface area (Å²) in [6.07, 6.45) is 11.6. The van der Waals surface area contributed by atoms with Crippen molar-refractivity contribution in [1.82, 2.24) is 10.2 Å². The van der Waals surface area contributed by atoms with Gasteiger partial charge in [0.1, 0.15) is 0 Å². The van der Waals surface area contributed by atoms with E-state index in [0.717, 1.165) is 23.9 Å². The van der Waals surface area contributed by atoms with E-state index in [-0.39, 0.29) is 0 Å². The molecule has 3 fully saturated rings. The fourth-order valence-corrected chi connectivity index (χ4v) is 4.06. The van der Waals surface area contributed by atoms with Crippen LogP contribution in [0, 0.1) is 11.8 Å². The highest BCUT2D eigenvalue weighted by Crippen LogP contribution is 2.35. The standard InChI is InChI=1S/C16H30N2/c1-2-5-15-10-17-16(14-8-9-14)12-18(15)11-13-6-3-4-7-13/h13-17H,2-12H2,1H3. The Balaban J connectivity index is 1.56. The van der Waals surface area contributed by atoms with Gasteiger partial charge < -0.3 is 5.32 Å². The number of hydrogen-bond donors (Lipinski definition) is 1. The molecule has 0 amide bonds. The molecule has 1 heterocycles. The molecule has 1 aliphatic heterocycles. The zero-order valence-corrected chi connectivity index (χ0v) is 12.0. The first-order valence-corrected chi connectivity index (χ1v) is 8.34. The zero-order chi connectivity index (χ0) is 12.4. The summed E-state index contributed by atoms with van der Waals surface area (Å²) in [6.45, 7) is 6.32. The highest BCUT2D eigenvalue weighted by Gasteiger charge is 2.37. The number of piperazine rings is 1. The van der Waals surface area contributed by atoms with E-state index in [0.29, 0.717) is 0 Å². The summed E-state index contributed by atoms with van der Waals surface area (Å²) in [4.78, 5) is 2.86. The van der Waals surface area contributed by atoms with Crippen LogP contribution in [0.1, 0.15) is 58.3 Å². The molecule has 2 unspecified atom stereocenters. The molecule has 2 atom stereocenters. The molecule has 3 aliphatic rings.